The van der Waals surface area contributed by atoms with E-state index in [-0.39, 0.29) is 5.91 Å². The Kier molecular flexibility index (Phi) is 6.56. The summed E-state index contributed by atoms with van der Waals surface area (Å²) < 4.78 is 5.56. The number of benzene rings is 1. The number of aromatic nitrogens is 1. The Bertz CT molecular complexity index is 715. The lowest BCUT2D eigenvalue weighted by atomic mass is 10.1. The lowest BCUT2D eigenvalue weighted by Crippen LogP contribution is -2.36. The highest BCUT2D eigenvalue weighted by Crippen LogP contribution is 2.08. The van der Waals surface area contributed by atoms with Crippen LogP contribution < -0.4 is 16.0 Å². The molecule has 25 heavy (non-hydrogen) atoms. The van der Waals surface area contributed by atoms with E-state index in [1.807, 2.05) is 32.9 Å². The van der Waals surface area contributed by atoms with Crippen LogP contribution in [0.2, 0.25) is 0 Å². The molecule has 134 valence electrons. The fraction of sp³-hybridized carbons (Fsp3) is 0.389. The molecule has 2 rings (SSSR count). The van der Waals surface area contributed by atoms with Crippen LogP contribution in [0.1, 0.15) is 40.2 Å². The molecule has 7 heteroatoms. The third kappa shape index (κ3) is 5.34. The number of amides is 1. The zero-order valence-corrected chi connectivity index (χ0v) is 15.1. The number of rotatable bonds is 6. The second kappa shape index (κ2) is 8.86. The molecule has 0 fully saturated rings. The lowest BCUT2D eigenvalue weighted by molar-refractivity contribution is 0.0963. The van der Waals surface area contributed by atoms with E-state index in [9.17, 15) is 4.79 Å². The van der Waals surface area contributed by atoms with Gasteiger partial charge in [0.2, 0.25) is 5.89 Å². The molecule has 0 aliphatic heterocycles. The molecule has 2 aromatic rings. The van der Waals surface area contributed by atoms with Crippen LogP contribution in [0.15, 0.2) is 33.7 Å². The molecule has 3 N–H and O–H groups in total. The van der Waals surface area contributed by atoms with Crippen molar-refractivity contribution in [1.82, 2.24) is 20.9 Å². The Hall–Kier alpha value is -2.83. The average molecular weight is 343 g/mol. The fourth-order valence-corrected chi connectivity index (χ4v) is 2.19. The number of hydrogen-bond donors (Lipinski definition) is 3. The van der Waals surface area contributed by atoms with Gasteiger partial charge in [-0.15, -0.1) is 0 Å². The summed E-state index contributed by atoms with van der Waals surface area (Å²) in [5, 5.41) is 9.00. The second-order valence-electron chi connectivity index (χ2n) is 5.57. The molecule has 0 saturated carbocycles. The van der Waals surface area contributed by atoms with Gasteiger partial charge in [0.05, 0.1) is 18.8 Å². The third-order valence-electron chi connectivity index (χ3n) is 3.69. The summed E-state index contributed by atoms with van der Waals surface area (Å²) in [6, 6.07) is 7.39. The van der Waals surface area contributed by atoms with Gasteiger partial charge in [0, 0.05) is 19.2 Å². The van der Waals surface area contributed by atoms with E-state index >= 15 is 0 Å². The van der Waals surface area contributed by atoms with Crippen molar-refractivity contribution in [2.24, 2.45) is 4.99 Å². The summed E-state index contributed by atoms with van der Waals surface area (Å²) in [6.45, 7) is 7.56. The molecule has 0 unspecified atom stereocenters. The predicted octanol–water partition coefficient (Wildman–Crippen LogP) is 1.91. The van der Waals surface area contributed by atoms with Gasteiger partial charge in [-0.25, -0.2) is 9.98 Å². The number of oxazole rings is 1. The molecule has 0 bridgehead atoms. The lowest BCUT2D eigenvalue weighted by Gasteiger charge is -2.10. The highest BCUT2D eigenvalue weighted by atomic mass is 16.4. The summed E-state index contributed by atoms with van der Waals surface area (Å²) in [4.78, 5) is 20.4. The number of nitrogens with one attached hydrogen (secondary N) is 3. The maximum absolute atomic E-state index is 11.5. The second-order valence-corrected chi connectivity index (χ2v) is 5.57. The molecule has 0 spiro atoms. The van der Waals surface area contributed by atoms with Crippen LogP contribution in [0, 0.1) is 13.8 Å². The molecule has 0 aliphatic rings. The molecule has 0 aliphatic carbocycles. The van der Waals surface area contributed by atoms with Crippen LogP contribution in [0.5, 0.6) is 0 Å². The van der Waals surface area contributed by atoms with Crippen molar-refractivity contribution in [3.63, 3.8) is 0 Å². The van der Waals surface area contributed by atoms with Crippen LogP contribution in [-0.4, -0.2) is 30.4 Å². The maximum Gasteiger partial charge on any atom is 0.251 e. The van der Waals surface area contributed by atoms with E-state index < -0.39 is 0 Å². The molecule has 7 nitrogen and oxygen atoms in total. The van der Waals surface area contributed by atoms with Gasteiger partial charge in [0.1, 0.15) is 5.76 Å². The summed E-state index contributed by atoms with van der Waals surface area (Å²) in [5.41, 5.74) is 2.55. The Balaban J connectivity index is 1.97. The quantitative estimate of drug-likeness (QED) is 0.550. The molecule has 0 saturated heterocycles. The van der Waals surface area contributed by atoms with Crippen molar-refractivity contribution in [2.45, 2.75) is 33.9 Å². The van der Waals surface area contributed by atoms with Crippen molar-refractivity contribution in [3.05, 3.63) is 52.7 Å². The maximum atomic E-state index is 11.5. The molecule has 1 amide bonds. The first-order valence-electron chi connectivity index (χ1n) is 8.29. The Morgan fingerprint density at radius 2 is 1.92 bits per heavy atom. The highest BCUT2D eigenvalue weighted by Gasteiger charge is 2.06. The van der Waals surface area contributed by atoms with E-state index in [1.54, 1.807) is 19.2 Å². The van der Waals surface area contributed by atoms with Crippen LogP contribution in [0.4, 0.5) is 0 Å². The van der Waals surface area contributed by atoms with Crippen molar-refractivity contribution < 1.29 is 9.21 Å². The van der Waals surface area contributed by atoms with Crippen LogP contribution in [0.3, 0.4) is 0 Å². The molecule has 1 aromatic carbocycles. The number of aryl methyl sites for hydroxylation is 2. The van der Waals surface area contributed by atoms with Crippen molar-refractivity contribution in [2.75, 3.05) is 13.6 Å². The first-order chi connectivity index (χ1) is 12.0. The Morgan fingerprint density at radius 3 is 2.48 bits per heavy atom. The van der Waals surface area contributed by atoms with Gasteiger partial charge in [-0.1, -0.05) is 12.1 Å². The van der Waals surface area contributed by atoms with E-state index in [1.165, 1.54) is 0 Å². The van der Waals surface area contributed by atoms with Gasteiger partial charge in [0.25, 0.3) is 5.91 Å². The van der Waals surface area contributed by atoms with Crippen molar-refractivity contribution >= 4 is 11.9 Å². The first-order valence-corrected chi connectivity index (χ1v) is 8.29. The molecular formula is C18H25N5O2. The molecule has 1 aromatic heterocycles. The number of guanidine groups is 1. The zero-order valence-electron chi connectivity index (χ0n) is 15.1. The van der Waals surface area contributed by atoms with Gasteiger partial charge in [-0.3, -0.25) is 4.79 Å². The minimum Gasteiger partial charge on any atom is -0.444 e. The minimum atomic E-state index is -0.0957. The number of aliphatic imine (C=N–C) groups is 1. The van der Waals surface area contributed by atoms with Gasteiger partial charge >= 0.3 is 0 Å². The summed E-state index contributed by atoms with van der Waals surface area (Å²) in [6.07, 6.45) is 0. The summed E-state index contributed by atoms with van der Waals surface area (Å²) in [5.74, 6) is 2.05. The van der Waals surface area contributed by atoms with Gasteiger partial charge < -0.3 is 20.4 Å². The van der Waals surface area contributed by atoms with Crippen molar-refractivity contribution in [3.8, 4) is 0 Å². The van der Waals surface area contributed by atoms with Gasteiger partial charge in [-0.05, 0) is 38.5 Å². The Labute approximate surface area is 147 Å². The van der Waals surface area contributed by atoms with Gasteiger partial charge in [0.15, 0.2) is 5.96 Å². The van der Waals surface area contributed by atoms with E-state index in [2.05, 4.69) is 25.9 Å². The van der Waals surface area contributed by atoms with E-state index in [0.717, 1.165) is 23.6 Å². The Morgan fingerprint density at radius 1 is 1.20 bits per heavy atom. The SMILES string of the molecule is CCNC(=NCc1ccc(C(=O)NC)cc1)NCc1nc(C)c(C)o1. The number of hydrogen-bond acceptors (Lipinski definition) is 4. The van der Waals surface area contributed by atoms with E-state index in [4.69, 9.17) is 4.42 Å². The third-order valence-corrected chi connectivity index (χ3v) is 3.69. The van der Waals surface area contributed by atoms with Crippen LogP contribution >= 0.6 is 0 Å². The summed E-state index contributed by atoms with van der Waals surface area (Å²) >= 11 is 0. The number of carbonyl (C=O) groups excluding carboxylic acids is 1. The van der Waals surface area contributed by atoms with E-state index in [0.29, 0.717) is 30.5 Å². The fourth-order valence-electron chi connectivity index (χ4n) is 2.19. The standard InChI is InChI=1S/C18H25N5O2/c1-5-20-18(22-11-16-23-12(2)13(3)25-16)21-10-14-6-8-15(9-7-14)17(24)19-4/h6-9H,5,10-11H2,1-4H3,(H,19,24)(H2,20,21,22). The molecule has 1 heterocycles. The summed E-state index contributed by atoms with van der Waals surface area (Å²) in [7, 11) is 1.62. The first kappa shape index (κ1) is 18.5. The molecule has 0 radical (unpaired) electrons. The largest absolute Gasteiger partial charge is 0.444 e. The van der Waals surface area contributed by atoms with Crippen LogP contribution in [0.25, 0.3) is 0 Å². The van der Waals surface area contributed by atoms with Crippen molar-refractivity contribution in [1.29, 1.82) is 0 Å². The van der Waals surface area contributed by atoms with Crippen LogP contribution in [-0.2, 0) is 13.1 Å². The molecule has 0 atom stereocenters. The highest BCUT2D eigenvalue weighted by molar-refractivity contribution is 5.93. The number of nitrogens with zero attached hydrogens (tertiary/aromatic N) is 2. The monoisotopic (exact) mass is 343 g/mol. The normalized spacial score (nSPS) is 11.3. The zero-order chi connectivity index (χ0) is 18.2. The number of carbonyl (C=O) groups is 1. The molecular weight excluding hydrogens is 318 g/mol. The average Bonchev–Trinajstić information content (AvgIpc) is 2.95. The predicted molar refractivity (Wildman–Crippen MR) is 97.5 cm³/mol. The smallest absolute Gasteiger partial charge is 0.251 e. The topological polar surface area (TPSA) is 91.5 Å². The van der Waals surface area contributed by atoms with Gasteiger partial charge in [-0.2, -0.15) is 0 Å². The minimum absolute atomic E-state index is 0.0957.